The monoisotopic (exact) mass is 404 g/mol. The summed E-state index contributed by atoms with van der Waals surface area (Å²) < 4.78 is 5.73. The highest BCUT2D eigenvalue weighted by molar-refractivity contribution is 5.92. The third kappa shape index (κ3) is 4.74. The van der Waals surface area contributed by atoms with E-state index < -0.39 is 5.91 Å². The zero-order valence-electron chi connectivity index (χ0n) is 16.9. The lowest BCUT2D eigenvalue weighted by Crippen LogP contribution is -2.32. The number of hydrogen-bond acceptors (Lipinski definition) is 5. The third-order valence-electron chi connectivity index (χ3n) is 5.22. The van der Waals surface area contributed by atoms with E-state index in [9.17, 15) is 9.59 Å². The average Bonchev–Trinajstić information content (AvgIpc) is 3.48. The van der Waals surface area contributed by atoms with Gasteiger partial charge in [0.05, 0.1) is 0 Å². The lowest BCUT2D eigenvalue weighted by atomic mass is 10.1. The Morgan fingerprint density at radius 2 is 1.77 bits per heavy atom. The number of rotatable bonds is 8. The van der Waals surface area contributed by atoms with Crippen LogP contribution in [0.25, 0.3) is 11.5 Å². The van der Waals surface area contributed by atoms with Gasteiger partial charge in [0.2, 0.25) is 23.6 Å². The van der Waals surface area contributed by atoms with Crippen LogP contribution in [0, 0.1) is 6.92 Å². The summed E-state index contributed by atoms with van der Waals surface area (Å²) in [6.45, 7) is 2.54. The molecule has 0 radical (unpaired) electrons. The van der Waals surface area contributed by atoms with Gasteiger partial charge in [0.15, 0.2) is 0 Å². The van der Waals surface area contributed by atoms with Crippen molar-refractivity contribution < 1.29 is 14.0 Å². The second kappa shape index (κ2) is 8.49. The molecule has 154 valence electrons. The van der Waals surface area contributed by atoms with Crippen LogP contribution >= 0.6 is 0 Å². The van der Waals surface area contributed by atoms with Gasteiger partial charge in [-0.15, -0.1) is 10.2 Å². The first-order valence-corrected chi connectivity index (χ1v) is 10.1. The second-order valence-corrected chi connectivity index (χ2v) is 7.68. The summed E-state index contributed by atoms with van der Waals surface area (Å²) in [7, 11) is 0. The Morgan fingerprint density at radius 3 is 2.40 bits per heavy atom. The van der Waals surface area contributed by atoms with Crippen molar-refractivity contribution >= 4 is 11.8 Å². The van der Waals surface area contributed by atoms with Crippen LogP contribution in [0.5, 0.6) is 0 Å². The molecule has 7 heteroatoms. The molecule has 1 aliphatic rings. The summed E-state index contributed by atoms with van der Waals surface area (Å²) >= 11 is 0. The normalized spacial score (nSPS) is 13.2. The van der Waals surface area contributed by atoms with E-state index in [1.807, 2.05) is 48.2 Å². The molecule has 30 heavy (non-hydrogen) atoms. The Morgan fingerprint density at radius 1 is 1.07 bits per heavy atom. The molecule has 1 aromatic heterocycles. The fourth-order valence-corrected chi connectivity index (χ4v) is 3.30. The Hall–Kier alpha value is -3.48. The molecule has 1 aliphatic carbocycles. The van der Waals surface area contributed by atoms with Crippen molar-refractivity contribution in [3.05, 3.63) is 71.1 Å². The van der Waals surface area contributed by atoms with E-state index in [1.54, 1.807) is 12.1 Å². The van der Waals surface area contributed by atoms with Gasteiger partial charge in [-0.25, -0.2) is 0 Å². The average molecular weight is 404 g/mol. The number of aromatic nitrogens is 2. The SMILES string of the molecule is Cc1ccc(-c2nnc(CCC(=O)N(Cc3ccc(C(N)=O)cc3)C3CC3)o2)cc1. The largest absolute Gasteiger partial charge is 0.421 e. The first-order valence-electron chi connectivity index (χ1n) is 10.1. The molecule has 1 fully saturated rings. The van der Waals surface area contributed by atoms with Crippen LogP contribution in [0.15, 0.2) is 52.9 Å². The molecule has 1 heterocycles. The fourth-order valence-electron chi connectivity index (χ4n) is 3.30. The maximum atomic E-state index is 12.9. The standard InChI is InChI=1S/C23H24N4O3/c1-15-2-6-18(7-3-15)23-26-25-20(30-23)12-13-21(28)27(19-10-11-19)14-16-4-8-17(9-5-16)22(24)29/h2-9,19H,10-14H2,1H3,(H2,24,29). The van der Waals surface area contributed by atoms with Crippen LogP contribution in [0.3, 0.4) is 0 Å². The summed E-state index contributed by atoms with van der Waals surface area (Å²) in [4.78, 5) is 26.0. The van der Waals surface area contributed by atoms with E-state index in [2.05, 4.69) is 10.2 Å². The Balaban J connectivity index is 1.37. The molecule has 3 aromatic rings. The lowest BCUT2D eigenvalue weighted by Gasteiger charge is -2.22. The number of aryl methyl sites for hydroxylation is 2. The van der Waals surface area contributed by atoms with Crippen molar-refractivity contribution in [1.29, 1.82) is 0 Å². The van der Waals surface area contributed by atoms with E-state index in [1.165, 1.54) is 0 Å². The highest BCUT2D eigenvalue weighted by Gasteiger charge is 2.32. The van der Waals surface area contributed by atoms with E-state index in [0.29, 0.717) is 36.7 Å². The van der Waals surface area contributed by atoms with Crippen LogP contribution in [0.1, 0.15) is 46.6 Å². The second-order valence-electron chi connectivity index (χ2n) is 7.68. The molecular formula is C23H24N4O3. The van der Waals surface area contributed by atoms with E-state index in [0.717, 1.165) is 29.5 Å². The third-order valence-corrected chi connectivity index (χ3v) is 5.22. The van der Waals surface area contributed by atoms with Gasteiger partial charge < -0.3 is 15.1 Å². The van der Waals surface area contributed by atoms with Crippen molar-refractivity contribution in [2.45, 2.75) is 45.2 Å². The topological polar surface area (TPSA) is 102 Å². The number of hydrogen-bond donors (Lipinski definition) is 1. The van der Waals surface area contributed by atoms with E-state index >= 15 is 0 Å². The fraction of sp³-hybridized carbons (Fsp3) is 0.304. The van der Waals surface area contributed by atoms with Crippen LogP contribution in [0.4, 0.5) is 0 Å². The van der Waals surface area contributed by atoms with E-state index in [-0.39, 0.29) is 11.9 Å². The molecule has 7 nitrogen and oxygen atoms in total. The van der Waals surface area contributed by atoms with Crippen molar-refractivity contribution in [3.8, 4) is 11.5 Å². The molecule has 2 N–H and O–H groups in total. The molecule has 2 aromatic carbocycles. The van der Waals surface area contributed by atoms with Gasteiger partial charge in [-0.1, -0.05) is 29.8 Å². The predicted molar refractivity (Wildman–Crippen MR) is 111 cm³/mol. The number of primary amides is 1. The quantitative estimate of drug-likeness (QED) is 0.621. The molecule has 0 aliphatic heterocycles. The van der Waals surface area contributed by atoms with Gasteiger partial charge in [-0.3, -0.25) is 9.59 Å². The summed E-state index contributed by atoms with van der Waals surface area (Å²) in [5, 5.41) is 8.18. The molecule has 1 saturated carbocycles. The predicted octanol–water partition coefficient (Wildman–Crippen LogP) is 3.27. The Kier molecular flexibility index (Phi) is 5.61. The number of benzene rings is 2. The molecule has 0 spiro atoms. The number of amides is 2. The highest BCUT2D eigenvalue weighted by atomic mass is 16.4. The van der Waals surface area contributed by atoms with Gasteiger partial charge in [0, 0.05) is 36.6 Å². The Bertz CT molecular complexity index is 1040. The summed E-state index contributed by atoms with van der Waals surface area (Å²) in [5.41, 5.74) is 8.75. The van der Waals surface area contributed by atoms with Crippen LogP contribution in [0.2, 0.25) is 0 Å². The number of carbonyl (C=O) groups is 2. The molecule has 0 unspecified atom stereocenters. The van der Waals surface area contributed by atoms with Crippen LogP contribution in [-0.4, -0.2) is 33.0 Å². The van der Waals surface area contributed by atoms with E-state index in [4.69, 9.17) is 10.2 Å². The molecular weight excluding hydrogens is 380 g/mol. The smallest absolute Gasteiger partial charge is 0.248 e. The van der Waals surface area contributed by atoms with Gasteiger partial charge in [-0.2, -0.15) is 0 Å². The minimum atomic E-state index is -0.457. The molecule has 4 rings (SSSR count). The maximum Gasteiger partial charge on any atom is 0.248 e. The highest BCUT2D eigenvalue weighted by Crippen LogP contribution is 2.29. The van der Waals surface area contributed by atoms with Gasteiger partial charge in [0.1, 0.15) is 0 Å². The molecule has 2 amide bonds. The lowest BCUT2D eigenvalue weighted by molar-refractivity contribution is -0.132. The first kappa shape index (κ1) is 19.8. The zero-order valence-corrected chi connectivity index (χ0v) is 16.9. The van der Waals surface area contributed by atoms with Crippen molar-refractivity contribution in [2.24, 2.45) is 5.73 Å². The molecule has 0 saturated heterocycles. The van der Waals surface area contributed by atoms with Gasteiger partial charge in [-0.05, 0) is 49.6 Å². The zero-order chi connectivity index (χ0) is 21.1. The number of nitrogens with two attached hydrogens (primary N) is 1. The minimum Gasteiger partial charge on any atom is -0.421 e. The minimum absolute atomic E-state index is 0.0616. The summed E-state index contributed by atoms with van der Waals surface area (Å²) in [6, 6.07) is 15.2. The molecule has 0 bridgehead atoms. The van der Waals surface area contributed by atoms with Crippen molar-refractivity contribution in [3.63, 3.8) is 0 Å². The van der Waals surface area contributed by atoms with Gasteiger partial charge >= 0.3 is 0 Å². The Labute approximate surface area is 174 Å². The van der Waals surface area contributed by atoms with Gasteiger partial charge in [0.25, 0.3) is 0 Å². The number of nitrogens with zero attached hydrogens (tertiary/aromatic N) is 3. The maximum absolute atomic E-state index is 12.9. The summed E-state index contributed by atoms with van der Waals surface area (Å²) in [6.07, 6.45) is 2.75. The summed E-state index contributed by atoms with van der Waals surface area (Å²) in [5.74, 6) is 0.527. The number of carbonyl (C=O) groups excluding carboxylic acids is 2. The molecule has 0 atom stereocenters. The van der Waals surface area contributed by atoms with Crippen LogP contribution < -0.4 is 5.73 Å². The van der Waals surface area contributed by atoms with Crippen molar-refractivity contribution in [1.82, 2.24) is 15.1 Å². The first-order chi connectivity index (χ1) is 14.5. The van der Waals surface area contributed by atoms with Crippen molar-refractivity contribution in [2.75, 3.05) is 0 Å². The van der Waals surface area contributed by atoms with Crippen LogP contribution in [-0.2, 0) is 17.8 Å².